The summed E-state index contributed by atoms with van der Waals surface area (Å²) in [5.74, 6) is -0.791. The Labute approximate surface area is 92.7 Å². The van der Waals surface area contributed by atoms with E-state index >= 15 is 0 Å². The van der Waals surface area contributed by atoms with Crippen LogP contribution in [0.25, 0.3) is 0 Å². The van der Waals surface area contributed by atoms with Crippen LogP contribution in [0.4, 0.5) is 0 Å². The minimum absolute atomic E-state index is 0.0400. The first-order valence-electron chi connectivity index (χ1n) is 4.80. The second kappa shape index (κ2) is 4.79. The van der Waals surface area contributed by atoms with E-state index < -0.39 is 10.7 Å². The van der Waals surface area contributed by atoms with E-state index in [1.54, 1.807) is 13.2 Å². The molecule has 0 aliphatic heterocycles. The van der Waals surface area contributed by atoms with Crippen LogP contribution in [-0.4, -0.2) is 35.1 Å². The summed E-state index contributed by atoms with van der Waals surface area (Å²) in [6, 6.07) is 0. The molecule has 0 radical (unpaired) electrons. The Hall–Kier alpha value is -0.840. The highest BCUT2D eigenvalue weighted by Gasteiger charge is 2.46. The molecule has 15 heavy (non-hydrogen) atoms. The third-order valence-corrected chi connectivity index (χ3v) is 3.63. The summed E-state index contributed by atoms with van der Waals surface area (Å²) in [4.78, 5) is 34.3. The van der Waals surface area contributed by atoms with Crippen LogP contribution >= 0.6 is 11.8 Å². The van der Waals surface area contributed by atoms with E-state index in [1.807, 2.05) is 0 Å². The average Bonchev–Trinajstić information content (AvgIpc) is 2.16. The lowest BCUT2D eigenvalue weighted by molar-refractivity contribution is -0.150. The van der Waals surface area contributed by atoms with Gasteiger partial charge >= 0.3 is 5.97 Å². The summed E-state index contributed by atoms with van der Waals surface area (Å²) >= 11 is 1.23. The van der Waals surface area contributed by atoms with Crippen LogP contribution in [0.2, 0.25) is 0 Å². The van der Waals surface area contributed by atoms with Crippen molar-refractivity contribution in [1.29, 1.82) is 0 Å². The van der Waals surface area contributed by atoms with Gasteiger partial charge in [0.15, 0.2) is 0 Å². The summed E-state index contributed by atoms with van der Waals surface area (Å²) < 4.78 is 3.94. The molecule has 1 fully saturated rings. The van der Waals surface area contributed by atoms with Gasteiger partial charge in [-0.15, -0.1) is 11.8 Å². The predicted octanol–water partition coefficient (Wildman–Crippen LogP) is 0.973. The summed E-state index contributed by atoms with van der Waals surface area (Å²) in [7, 11) is 0. The van der Waals surface area contributed by atoms with Crippen LogP contribution in [0.5, 0.6) is 0 Å². The van der Waals surface area contributed by atoms with Crippen LogP contribution in [0.3, 0.4) is 0 Å². The van der Waals surface area contributed by atoms with E-state index in [4.69, 9.17) is 4.74 Å². The van der Waals surface area contributed by atoms with Gasteiger partial charge < -0.3 is 4.74 Å². The lowest BCUT2D eigenvalue weighted by Crippen LogP contribution is -2.44. The van der Waals surface area contributed by atoms with Gasteiger partial charge in [0.05, 0.1) is 13.0 Å². The van der Waals surface area contributed by atoms with Crippen molar-refractivity contribution in [2.75, 3.05) is 12.9 Å². The van der Waals surface area contributed by atoms with E-state index in [-0.39, 0.29) is 37.4 Å². The van der Waals surface area contributed by atoms with Gasteiger partial charge in [-0.25, -0.2) is 0 Å². The Balaban J connectivity index is 2.87. The van der Waals surface area contributed by atoms with Gasteiger partial charge in [0.2, 0.25) is 0 Å². The zero-order chi connectivity index (χ0) is 11.5. The second-order valence-electron chi connectivity index (χ2n) is 3.53. The fourth-order valence-electron chi connectivity index (χ4n) is 1.68. The molecule has 0 bridgehead atoms. The van der Waals surface area contributed by atoms with Crippen LogP contribution in [0.15, 0.2) is 0 Å². The van der Waals surface area contributed by atoms with Crippen molar-refractivity contribution in [1.82, 2.24) is 0 Å². The second-order valence-corrected chi connectivity index (χ2v) is 4.72. The molecule has 0 atom stereocenters. The normalized spacial score (nSPS) is 20.1. The van der Waals surface area contributed by atoms with E-state index in [1.165, 1.54) is 11.8 Å². The van der Waals surface area contributed by atoms with Gasteiger partial charge in [-0.2, -0.15) is 0 Å². The largest absolute Gasteiger partial charge is 0.465 e. The molecule has 1 saturated carbocycles. The van der Waals surface area contributed by atoms with Gasteiger partial charge in [0.25, 0.3) is 0 Å². The van der Waals surface area contributed by atoms with Crippen molar-refractivity contribution in [3.05, 3.63) is 0 Å². The van der Waals surface area contributed by atoms with Gasteiger partial charge in [0.1, 0.15) is 16.3 Å². The molecule has 0 saturated heterocycles. The number of Topliss-reactive ketones (excluding diaryl/α,β-unsaturated/α-hetero) is 2. The molecule has 1 rings (SSSR count). The topological polar surface area (TPSA) is 60.4 Å². The van der Waals surface area contributed by atoms with Gasteiger partial charge in [-0.05, 0) is 13.2 Å². The molecular weight excluding hydrogens is 216 g/mol. The Kier molecular flexibility index (Phi) is 3.90. The number of esters is 1. The minimum Gasteiger partial charge on any atom is -0.465 e. The summed E-state index contributed by atoms with van der Waals surface area (Å²) in [5.41, 5.74) is 0. The number of ether oxygens (including phenoxy) is 1. The molecule has 84 valence electrons. The molecule has 0 aromatic heterocycles. The first kappa shape index (κ1) is 12.2. The first-order chi connectivity index (χ1) is 7.04. The standard InChI is InChI=1S/C10H14O4S/c1-3-14-9(13)10(15-2)5-7(11)4-8(12)6-10/h3-6H2,1-2H3. The van der Waals surface area contributed by atoms with Crippen molar-refractivity contribution in [2.45, 2.75) is 30.9 Å². The van der Waals surface area contributed by atoms with Crippen LogP contribution in [0, 0.1) is 0 Å². The monoisotopic (exact) mass is 230 g/mol. The number of carbonyl (C=O) groups is 3. The minimum atomic E-state index is -0.970. The van der Waals surface area contributed by atoms with Crippen molar-refractivity contribution in [3.8, 4) is 0 Å². The summed E-state index contributed by atoms with van der Waals surface area (Å²) in [6.07, 6.45) is 1.90. The molecule has 0 aromatic carbocycles. The predicted molar refractivity (Wildman–Crippen MR) is 56.7 cm³/mol. The van der Waals surface area contributed by atoms with Crippen molar-refractivity contribution in [2.24, 2.45) is 0 Å². The maximum atomic E-state index is 11.7. The smallest absolute Gasteiger partial charge is 0.323 e. The van der Waals surface area contributed by atoms with E-state index in [0.717, 1.165) is 0 Å². The zero-order valence-corrected chi connectivity index (χ0v) is 9.69. The highest BCUT2D eigenvalue weighted by Crippen LogP contribution is 2.36. The SMILES string of the molecule is CCOC(=O)C1(SC)CC(=O)CC(=O)C1. The highest BCUT2D eigenvalue weighted by molar-refractivity contribution is 8.00. The molecule has 0 unspecified atom stereocenters. The molecule has 1 aliphatic rings. The molecule has 0 N–H and O–H groups in total. The highest BCUT2D eigenvalue weighted by atomic mass is 32.2. The van der Waals surface area contributed by atoms with Crippen LogP contribution < -0.4 is 0 Å². The zero-order valence-electron chi connectivity index (χ0n) is 8.87. The number of hydrogen-bond donors (Lipinski definition) is 0. The van der Waals surface area contributed by atoms with Crippen LogP contribution in [0.1, 0.15) is 26.2 Å². The van der Waals surface area contributed by atoms with Crippen LogP contribution in [-0.2, 0) is 19.1 Å². The summed E-state index contributed by atoms with van der Waals surface area (Å²) in [5, 5.41) is 0. The molecule has 0 aromatic rings. The Morgan fingerprint density at radius 2 is 1.93 bits per heavy atom. The molecule has 0 heterocycles. The number of carbonyl (C=O) groups excluding carboxylic acids is 3. The molecule has 5 heteroatoms. The lowest BCUT2D eigenvalue weighted by Gasteiger charge is -2.31. The van der Waals surface area contributed by atoms with E-state index in [9.17, 15) is 14.4 Å². The van der Waals surface area contributed by atoms with Crippen molar-refractivity contribution in [3.63, 3.8) is 0 Å². The molecular formula is C10H14O4S. The number of rotatable bonds is 3. The third kappa shape index (κ3) is 2.59. The fourth-order valence-corrected chi connectivity index (χ4v) is 2.52. The van der Waals surface area contributed by atoms with E-state index in [2.05, 4.69) is 0 Å². The van der Waals surface area contributed by atoms with Gasteiger partial charge in [-0.3, -0.25) is 14.4 Å². The average molecular weight is 230 g/mol. The Morgan fingerprint density at radius 1 is 1.40 bits per heavy atom. The molecule has 0 spiro atoms. The molecule has 4 nitrogen and oxygen atoms in total. The number of ketones is 2. The quantitative estimate of drug-likeness (QED) is 0.534. The number of thioether (sulfide) groups is 1. The van der Waals surface area contributed by atoms with Gasteiger partial charge in [0, 0.05) is 12.8 Å². The Bertz CT molecular complexity index is 282. The number of hydrogen-bond acceptors (Lipinski definition) is 5. The van der Waals surface area contributed by atoms with Crippen molar-refractivity contribution >= 4 is 29.3 Å². The lowest BCUT2D eigenvalue weighted by atomic mass is 9.86. The molecule has 1 aliphatic carbocycles. The first-order valence-corrected chi connectivity index (χ1v) is 6.02. The summed E-state index contributed by atoms with van der Waals surface area (Å²) in [6.45, 7) is 1.97. The van der Waals surface area contributed by atoms with E-state index in [0.29, 0.717) is 0 Å². The van der Waals surface area contributed by atoms with Gasteiger partial charge in [-0.1, -0.05) is 0 Å². The van der Waals surface area contributed by atoms with Crippen molar-refractivity contribution < 1.29 is 19.1 Å². The Morgan fingerprint density at radius 3 is 2.33 bits per heavy atom. The third-order valence-electron chi connectivity index (χ3n) is 2.40. The fraction of sp³-hybridized carbons (Fsp3) is 0.700. The maximum absolute atomic E-state index is 11.7. The molecule has 0 amide bonds. The maximum Gasteiger partial charge on any atom is 0.323 e.